The van der Waals surface area contributed by atoms with E-state index in [0.29, 0.717) is 6.54 Å². The number of fused-ring (bicyclic) bond motifs is 3. The molecule has 0 N–H and O–H groups in total. The predicted molar refractivity (Wildman–Crippen MR) is 90.6 cm³/mol. The Bertz CT molecular complexity index is 519. The number of rotatable bonds is 6. The molecule has 0 aromatic heterocycles. The number of esters is 1. The van der Waals surface area contributed by atoms with Gasteiger partial charge in [-0.2, -0.15) is 0 Å². The highest BCUT2D eigenvalue weighted by atomic mass is 16.5. The van der Waals surface area contributed by atoms with Crippen LogP contribution in [0.25, 0.3) is 0 Å². The molecule has 0 amide bonds. The molecule has 3 aliphatic rings. The summed E-state index contributed by atoms with van der Waals surface area (Å²) in [5, 5.41) is 0. The maximum atomic E-state index is 12.2. The zero-order chi connectivity index (χ0) is 16.3. The third-order valence-electron chi connectivity index (χ3n) is 5.88. The molecule has 4 heteroatoms. The summed E-state index contributed by atoms with van der Waals surface area (Å²) in [5.41, 5.74) is 1.44. The van der Waals surface area contributed by atoms with Crippen LogP contribution < -0.4 is 0 Å². The van der Waals surface area contributed by atoms with Gasteiger partial charge in [-0.05, 0) is 13.3 Å². The van der Waals surface area contributed by atoms with Crippen LogP contribution >= 0.6 is 0 Å². The fourth-order valence-electron chi connectivity index (χ4n) is 4.01. The van der Waals surface area contributed by atoms with Crippen LogP contribution in [0.15, 0.2) is 30.3 Å². The zero-order valence-corrected chi connectivity index (χ0v) is 14.5. The van der Waals surface area contributed by atoms with Gasteiger partial charge in [0.15, 0.2) is 6.54 Å². The van der Waals surface area contributed by atoms with Crippen LogP contribution in [0.2, 0.25) is 0 Å². The molecule has 23 heavy (non-hydrogen) atoms. The van der Waals surface area contributed by atoms with Gasteiger partial charge in [0.25, 0.3) is 0 Å². The first-order valence-corrected chi connectivity index (χ1v) is 8.98. The highest BCUT2D eigenvalue weighted by molar-refractivity contribution is 5.70. The average molecular weight is 318 g/mol. The summed E-state index contributed by atoms with van der Waals surface area (Å²) in [6, 6.07) is 10.8. The van der Waals surface area contributed by atoms with Crippen molar-refractivity contribution in [2.75, 3.05) is 45.8 Å². The lowest BCUT2D eigenvalue weighted by Crippen LogP contribution is -2.75. The predicted octanol–water partition coefficient (Wildman–Crippen LogP) is 2.19. The van der Waals surface area contributed by atoms with Gasteiger partial charge in [-0.1, -0.05) is 37.3 Å². The lowest BCUT2D eigenvalue weighted by molar-refractivity contribution is -1.08. The second kappa shape index (κ2) is 6.62. The highest BCUT2D eigenvalue weighted by Crippen LogP contribution is 2.29. The van der Waals surface area contributed by atoms with Gasteiger partial charge in [0.05, 0.1) is 6.10 Å². The molecule has 0 radical (unpaired) electrons. The SMILES string of the molecule is CCC(C)OC(=O)C[N+]12CC[N+](Cc3ccccc3)(CC1)CC2. The summed E-state index contributed by atoms with van der Waals surface area (Å²) in [6.45, 7) is 12.6. The number of ether oxygens (including phenoxy) is 1. The maximum Gasteiger partial charge on any atom is 0.362 e. The van der Waals surface area contributed by atoms with E-state index in [2.05, 4.69) is 37.3 Å². The molecular weight excluding hydrogens is 288 g/mol. The summed E-state index contributed by atoms with van der Waals surface area (Å²) in [6.07, 6.45) is 0.936. The highest BCUT2D eigenvalue weighted by Gasteiger charge is 2.50. The summed E-state index contributed by atoms with van der Waals surface area (Å²) in [4.78, 5) is 12.2. The first kappa shape index (κ1) is 16.5. The van der Waals surface area contributed by atoms with Crippen LogP contribution in [0.4, 0.5) is 0 Å². The van der Waals surface area contributed by atoms with Gasteiger partial charge >= 0.3 is 5.97 Å². The summed E-state index contributed by atoms with van der Waals surface area (Å²) >= 11 is 0. The van der Waals surface area contributed by atoms with E-state index >= 15 is 0 Å². The minimum atomic E-state index is -0.00990. The fourth-order valence-corrected chi connectivity index (χ4v) is 4.01. The molecule has 2 bridgehead atoms. The van der Waals surface area contributed by atoms with Crippen molar-refractivity contribution in [1.29, 1.82) is 0 Å². The van der Waals surface area contributed by atoms with E-state index in [9.17, 15) is 4.79 Å². The molecule has 1 aromatic rings. The first-order chi connectivity index (χ1) is 11.0. The first-order valence-electron chi connectivity index (χ1n) is 8.98. The van der Waals surface area contributed by atoms with Crippen LogP contribution in [0, 0.1) is 0 Å². The number of hydrogen-bond acceptors (Lipinski definition) is 2. The Kier molecular flexibility index (Phi) is 4.74. The molecule has 0 saturated carbocycles. The van der Waals surface area contributed by atoms with E-state index in [4.69, 9.17) is 4.74 Å². The summed E-state index contributed by atoms with van der Waals surface area (Å²) < 4.78 is 7.65. The Balaban J connectivity index is 1.58. The number of hydrogen-bond donors (Lipinski definition) is 0. The second-order valence-corrected chi connectivity index (χ2v) is 7.54. The minimum Gasteiger partial charge on any atom is -0.459 e. The van der Waals surface area contributed by atoms with Gasteiger partial charge in [-0.15, -0.1) is 0 Å². The Morgan fingerprint density at radius 1 is 1.04 bits per heavy atom. The monoisotopic (exact) mass is 318 g/mol. The third-order valence-corrected chi connectivity index (χ3v) is 5.88. The van der Waals surface area contributed by atoms with Crippen LogP contribution in [0.1, 0.15) is 25.8 Å². The Morgan fingerprint density at radius 3 is 2.17 bits per heavy atom. The van der Waals surface area contributed by atoms with Crippen LogP contribution in [0.5, 0.6) is 0 Å². The van der Waals surface area contributed by atoms with Crippen LogP contribution in [-0.4, -0.2) is 66.9 Å². The number of benzene rings is 1. The van der Waals surface area contributed by atoms with Crippen LogP contribution in [0.3, 0.4) is 0 Å². The number of piperazine rings is 3. The molecule has 1 unspecified atom stereocenters. The van der Waals surface area contributed by atoms with E-state index in [-0.39, 0.29) is 12.1 Å². The Labute approximate surface area is 139 Å². The van der Waals surface area contributed by atoms with Crippen LogP contribution in [-0.2, 0) is 16.1 Å². The van der Waals surface area contributed by atoms with Crippen molar-refractivity contribution >= 4 is 5.97 Å². The largest absolute Gasteiger partial charge is 0.459 e. The lowest BCUT2D eigenvalue weighted by Gasteiger charge is -2.55. The summed E-state index contributed by atoms with van der Waals surface area (Å²) in [7, 11) is 0. The minimum absolute atomic E-state index is 0.00990. The molecule has 1 atom stereocenters. The van der Waals surface area contributed by atoms with Crippen molar-refractivity contribution in [3.05, 3.63) is 35.9 Å². The third kappa shape index (κ3) is 3.75. The Hall–Kier alpha value is -1.39. The van der Waals surface area contributed by atoms with Crippen molar-refractivity contribution in [1.82, 2.24) is 0 Å². The maximum absolute atomic E-state index is 12.2. The van der Waals surface area contributed by atoms with Gasteiger partial charge in [-0.3, -0.25) is 0 Å². The molecule has 4 rings (SSSR count). The number of carbonyl (C=O) groups excluding carboxylic acids is 1. The standard InChI is InChI=1S/C19H30N2O2/c1-3-17(2)23-19(22)16-21-12-9-20(10-13-21,11-14-21)15-18-7-5-4-6-8-18/h4-8,17H,3,9-16H2,1-2H3/q+2. The number of nitrogens with zero attached hydrogens (tertiary/aromatic N) is 2. The molecule has 3 fully saturated rings. The molecule has 3 aliphatic heterocycles. The smallest absolute Gasteiger partial charge is 0.362 e. The van der Waals surface area contributed by atoms with E-state index in [1.807, 2.05) is 6.92 Å². The quantitative estimate of drug-likeness (QED) is 0.594. The second-order valence-electron chi connectivity index (χ2n) is 7.54. The molecule has 4 nitrogen and oxygen atoms in total. The van der Waals surface area contributed by atoms with Gasteiger partial charge < -0.3 is 13.7 Å². The van der Waals surface area contributed by atoms with E-state index in [1.54, 1.807) is 0 Å². The zero-order valence-electron chi connectivity index (χ0n) is 14.5. The normalized spacial score (nSPS) is 30.9. The van der Waals surface area contributed by atoms with Gasteiger partial charge in [0.1, 0.15) is 45.8 Å². The molecule has 0 aliphatic carbocycles. The lowest BCUT2D eigenvalue weighted by atomic mass is 10.0. The topological polar surface area (TPSA) is 26.3 Å². The van der Waals surface area contributed by atoms with Crippen molar-refractivity contribution in [3.8, 4) is 0 Å². The molecule has 126 valence electrons. The van der Waals surface area contributed by atoms with E-state index in [1.165, 1.54) is 29.7 Å². The van der Waals surface area contributed by atoms with Crippen molar-refractivity contribution in [2.24, 2.45) is 0 Å². The van der Waals surface area contributed by atoms with E-state index < -0.39 is 0 Å². The average Bonchev–Trinajstić information content (AvgIpc) is 2.57. The number of carbonyl (C=O) groups is 1. The van der Waals surface area contributed by atoms with Crippen molar-refractivity contribution < 1.29 is 18.5 Å². The molecule has 3 heterocycles. The van der Waals surface area contributed by atoms with Gasteiger partial charge in [0, 0.05) is 5.56 Å². The molecular formula is C19H30N2O2+2. The molecule has 3 saturated heterocycles. The molecule has 1 aromatic carbocycles. The van der Waals surface area contributed by atoms with Gasteiger partial charge in [-0.25, -0.2) is 4.79 Å². The summed E-state index contributed by atoms with van der Waals surface area (Å²) in [5.74, 6) is -0.00990. The van der Waals surface area contributed by atoms with Gasteiger partial charge in [0.2, 0.25) is 0 Å². The number of quaternary nitrogens is 2. The molecule has 0 spiro atoms. The fraction of sp³-hybridized carbons (Fsp3) is 0.632. The van der Waals surface area contributed by atoms with Crippen molar-refractivity contribution in [2.45, 2.75) is 32.9 Å². The Morgan fingerprint density at radius 2 is 1.61 bits per heavy atom. The van der Waals surface area contributed by atoms with E-state index in [0.717, 1.165) is 37.1 Å². The van der Waals surface area contributed by atoms with Crippen molar-refractivity contribution in [3.63, 3.8) is 0 Å².